The summed E-state index contributed by atoms with van der Waals surface area (Å²) in [5.74, 6) is -0.318. The number of carbonyl (C=O) groups excluding carboxylic acids is 1. The first-order valence-electron chi connectivity index (χ1n) is 9.84. The van der Waals surface area contributed by atoms with E-state index in [0.717, 1.165) is 11.8 Å². The van der Waals surface area contributed by atoms with Gasteiger partial charge in [-0.1, -0.05) is 30.3 Å². The van der Waals surface area contributed by atoms with Crippen molar-refractivity contribution in [3.8, 4) is 0 Å². The average Bonchev–Trinajstić information content (AvgIpc) is 2.74. The first-order chi connectivity index (χ1) is 14.2. The van der Waals surface area contributed by atoms with E-state index in [1.807, 2.05) is 30.3 Å². The van der Waals surface area contributed by atoms with E-state index in [-0.39, 0.29) is 30.6 Å². The largest absolute Gasteiger partial charge is 0.483 e. The predicted molar refractivity (Wildman–Crippen MR) is 111 cm³/mol. The second-order valence-electron chi connectivity index (χ2n) is 7.53. The molecule has 168 valence electrons. The number of morpholine rings is 1. The quantitative estimate of drug-likeness (QED) is 0.608. The van der Waals surface area contributed by atoms with Crippen molar-refractivity contribution < 1.29 is 33.0 Å². The summed E-state index contributed by atoms with van der Waals surface area (Å²) in [6, 6.07) is 9.34. The lowest BCUT2D eigenvalue weighted by atomic mass is 9.79. The lowest BCUT2D eigenvalue weighted by Gasteiger charge is -2.50. The predicted octanol–water partition coefficient (Wildman–Crippen LogP) is -0.0572. The van der Waals surface area contributed by atoms with Crippen LogP contribution in [-0.2, 0) is 29.8 Å². The van der Waals surface area contributed by atoms with E-state index in [4.69, 9.17) is 14.6 Å². The lowest BCUT2D eigenvalue weighted by Crippen LogP contribution is -2.63. The lowest BCUT2D eigenvalue weighted by molar-refractivity contribution is -0.147. The monoisotopic (exact) mass is 442 g/mol. The van der Waals surface area contributed by atoms with Crippen molar-refractivity contribution in [3.63, 3.8) is 0 Å². The highest BCUT2D eigenvalue weighted by Crippen LogP contribution is 2.36. The van der Waals surface area contributed by atoms with E-state index >= 15 is 0 Å². The van der Waals surface area contributed by atoms with Crippen LogP contribution in [-0.4, -0.2) is 98.3 Å². The Morgan fingerprint density at radius 2 is 1.83 bits per heavy atom. The minimum Gasteiger partial charge on any atom is -0.483 e. The maximum atomic E-state index is 12.6. The summed E-state index contributed by atoms with van der Waals surface area (Å²) in [5, 5.41) is 18.5. The van der Waals surface area contributed by atoms with Gasteiger partial charge in [-0.2, -0.15) is 0 Å². The fourth-order valence-corrected chi connectivity index (χ4v) is 4.50. The van der Waals surface area contributed by atoms with Crippen LogP contribution in [0.5, 0.6) is 0 Å². The Bertz CT molecular complexity index is 797. The van der Waals surface area contributed by atoms with Crippen LogP contribution in [0.1, 0.15) is 18.4 Å². The molecule has 0 spiro atoms. The van der Waals surface area contributed by atoms with Gasteiger partial charge in [0, 0.05) is 38.9 Å². The zero-order valence-electron chi connectivity index (χ0n) is 17.1. The third-order valence-electron chi connectivity index (χ3n) is 5.51. The molecule has 9 nitrogen and oxygen atoms in total. The summed E-state index contributed by atoms with van der Waals surface area (Å²) in [6.45, 7) is 3.14. The van der Waals surface area contributed by atoms with Gasteiger partial charge in [0.2, 0.25) is 5.91 Å². The van der Waals surface area contributed by atoms with Crippen molar-refractivity contribution in [1.29, 1.82) is 0 Å². The Balaban J connectivity index is 0.00000101. The van der Waals surface area contributed by atoms with Gasteiger partial charge in [-0.3, -0.25) is 14.5 Å². The van der Waals surface area contributed by atoms with Gasteiger partial charge >= 0.3 is 0 Å². The number of ether oxygens (including phenoxy) is 1. The number of aliphatic hydroxyl groups is 1. The summed E-state index contributed by atoms with van der Waals surface area (Å²) < 4.78 is 28.2. The number of nitrogens with zero attached hydrogens (tertiary/aromatic N) is 2. The van der Waals surface area contributed by atoms with Crippen LogP contribution in [0, 0.1) is 0 Å². The molecule has 2 saturated heterocycles. The fourth-order valence-electron chi connectivity index (χ4n) is 3.95. The number of amides is 1. The molecule has 2 N–H and O–H groups in total. The van der Waals surface area contributed by atoms with Gasteiger partial charge < -0.3 is 19.8 Å². The second kappa shape index (κ2) is 10.9. The molecule has 1 aromatic carbocycles. The molecule has 1 amide bonds. The van der Waals surface area contributed by atoms with Gasteiger partial charge in [-0.05, 0) is 12.0 Å². The zero-order chi connectivity index (χ0) is 22.2. The number of carboxylic acid groups (broad SMARTS) is 1. The van der Waals surface area contributed by atoms with Crippen molar-refractivity contribution in [2.75, 3.05) is 51.4 Å². The maximum absolute atomic E-state index is 12.6. The molecule has 2 aliphatic heterocycles. The highest BCUT2D eigenvalue weighted by Gasteiger charge is 2.46. The summed E-state index contributed by atoms with van der Waals surface area (Å²) in [4.78, 5) is 24.8. The molecule has 0 aliphatic carbocycles. The topological polar surface area (TPSA) is 124 Å². The van der Waals surface area contributed by atoms with Crippen molar-refractivity contribution in [3.05, 3.63) is 35.9 Å². The van der Waals surface area contributed by atoms with Crippen LogP contribution >= 0.6 is 0 Å². The van der Waals surface area contributed by atoms with Crippen LogP contribution in [0.25, 0.3) is 0 Å². The van der Waals surface area contributed by atoms with Gasteiger partial charge in [0.15, 0.2) is 0 Å². The van der Waals surface area contributed by atoms with Crippen LogP contribution in [0.2, 0.25) is 0 Å². The molecule has 3 rings (SSSR count). The Kier molecular flexibility index (Phi) is 8.78. The van der Waals surface area contributed by atoms with E-state index in [2.05, 4.69) is 4.90 Å². The molecule has 0 saturated carbocycles. The summed E-state index contributed by atoms with van der Waals surface area (Å²) in [6.07, 6.45) is 1.54. The number of hydrogen-bond acceptors (Lipinski definition) is 7. The number of benzene rings is 1. The van der Waals surface area contributed by atoms with Crippen LogP contribution in [0.3, 0.4) is 0 Å². The molecule has 2 atom stereocenters. The molecular weight excluding hydrogens is 412 g/mol. The maximum Gasteiger partial charge on any atom is 0.290 e. The van der Waals surface area contributed by atoms with E-state index in [9.17, 15) is 18.3 Å². The summed E-state index contributed by atoms with van der Waals surface area (Å²) in [7, 11) is -3.18. The van der Waals surface area contributed by atoms with Crippen LogP contribution < -0.4 is 0 Å². The SMILES string of the molecule is CS(=O)(=O)CCC(=O)N1CC[C@](O)(c2ccccc2)[C@H](N2CCOCC2)C1.O=CO. The van der Waals surface area contributed by atoms with E-state index in [0.29, 0.717) is 45.8 Å². The summed E-state index contributed by atoms with van der Waals surface area (Å²) >= 11 is 0. The smallest absolute Gasteiger partial charge is 0.290 e. The van der Waals surface area contributed by atoms with Gasteiger partial charge in [-0.25, -0.2) is 8.42 Å². The number of rotatable bonds is 5. The molecule has 0 bridgehead atoms. The van der Waals surface area contributed by atoms with E-state index < -0.39 is 15.4 Å². The highest BCUT2D eigenvalue weighted by molar-refractivity contribution is 7.90. The highest BCUT2D eigenvalue weighted by atomic mass is 32.2. The molecule has 2 fully saturated rings. The Morgan fingerprint density at radius 1 is 1.23 bits per heavy atom. The van der Waals surface area contributed by atoms with E-state index in [1.54, 1.807) is 4.90 Å². The van der Waals surface area contributed by atoms with Crippen molar-refractivity contribution in [2.45, 2.75) is 24.5 Å². The molecule has 30 heavy (non-hydrogen) atoms. The zero-order valence-corrected chi connectivity index (χ0v) is 18.0. The molecule has 0 unspecified atom stereocenters. The number of carbonyl (C=O) groups is 2. The van der Waals surface area contributed by atoms with Crippen molar-refractivity contribution >= 4 is 22.2 Å². The summed E-state index contributed by atoms with van der Waals surface area (Å²) in [5.41, 5.74) is -0.198. The second-order valence-corrected chi connectivity index (χ2v) is 9.79. The van der Waals surface area contributed by atoms with Gasteiger partial charge in [0.1, 0.15) is 15.4 Å². The molecule has 2 aliphatic rings. The normalized spacial score (nSPS) is 25.1. The van der Waals surface area contributed by atoms with Gasteiger partial charge in [-0.15, -0.1) is 0 Å². The first-order valence-corrected chi connectivity index (χ1v) is 11.9. The third kappa shape index (κ3) is 6.49. The van der Waals surface area contributed by atoms with Crippen LogP contribution in [0.15, 0.2) is 30.3 Å². The standard InChI is InChI=1S/C19H28N2O5S.CH2O2/c1-27(24,25)14-7-18(22)21-9-8-19(23,16-5-3-2-4-6-16)17(15-21)20-10-12-26-13-11-20;2-1-3/h2-6,17,23H,7-15H2,1H3;1H,(H,2,3)/t17-,19+;/m1./s1. The number of hydrogen-bond donors (Lipinski definition) is 2. The van der Waals surface area contributed by atoms with E-state index in [1.165, 1.54) is 0 Å². The Hall–Kier alpha value is -2.01. The number of piperidine rings is 1. The Morgan fingerprint density at radius 3 is 2.40 bits per heavy atom. The van der Waals surface area contributed by atoms with Crippen LogP contribution in [0.4, 0.5) is 0 Å². The first kappa shape index (κ1) is 24.3. The molecule has 0 aromatic heterocycles. The molecule has 1 aromatic rings. The molecule has 2 heterocycles. The third-order valence-corrected chi connectivity index (χ3v) is 6.45. The minimum absolute atomic E-state index is 0.0154. The fraction of sp³-hybridized carbons (Fsp3) is 0.600. The average molecular weight is 443 g/mol. The number of sulfone groups is 1. The minimum atomic E-state index is -3.18. The molecule has 10 heteroatoms. The van der Waals surface area contributed by atoms with Gasteiger partial charge in [0.05, 0.1) is 25.0 Å². The molecule has 0 radical (unpaired) electrons. The molecular formula is C20H30N2O7S. The van der Waals surface area contributed by atoms with Crippen molar-refractivity contribution in [1.82, 2.24) is 9.80 Å². The van der Waals surface area contributed by atoms with Gasteiger partial charge in [0.25, 0.3) is 6.47 Å². The number of likely N-dealkylation sites (tertiary alicyclic amines) is 1. The Labute approximate surface area is 177 Å². The van der Waals surface area contributed by atoms with Crippen molar-refractivity contribution in [2.24, 2.45) is 0 Å².